The number of hydrogen-bond acceptors (Lipinski definition) is 3. The van der Waals surface area contributed by atoms with E-state index in [1.165, 1.54) is 0 Å². The van der Waals surface area contributed by atoms with Crippen LogP contribution in [0.4, 0.5) is 0 Å². The summed E-state index contributed by atoms with van der Waals surface area (Å²) in [6.45, 7) is 0.382. The van der Waals surface area contributed by atoms with Gasteiger partial charge < -0.3 is 5.73 Å². The Morgan fingerprint density at radius 2 is 2.13 bits per heavy atom. The van der Waals surface area contributed by atoms with Crippen LogP contribution in [0.1, 0.15) is 5.56 Å². The van der Waals surface area contributed by atoms with Gasteiger partial charge in [-0.15, -0.1) is 5.10 Å². The molecule has 0 aliphatic rings. The van der Waals surface area contributed by atoms with E-state index in [2.05, 4.69) is 10.3 Å². The molecule has 1 aromatic carbocycles. The Kier molecular flexibility index (Phi) is 2.90. The van der Waals surface area contributed by atoms with Gasteiger partial charge in [-0.25, -0.2) is 4.68 Å². The zero-order valence-corrected chi connectivity index (χ0v) is 9.20. The standard InChI is InChI=1S/C9H8Cl2N4/c10-7-1-2-8(6(3-7)4-12)15-5-9(11)13-14-15/h1-3,5H,4,12H2. The highest BCUT2D eigenvalue weighted by molar-refractivity contribution is 6.30. The first-order valence-electron chi connectivity index (χ1n) is 4.27. The summed E-state index contributed by atoms with van der Waals surface area (Å²) in [6, 6.07) is 5.40. The molecule has 0 saturated heterocycles. The highest BCUT2D eigenvalue weighted by Gasteiger charge is 2.06. The normalized spacial score (nSPS) is 10.6. The SMILES string of the molecule is NCc1cc(Cl)ccc1-n1cc(Cl)nn1. The van der Waals surface area contributed by atoms with Crippen molar-refractivity contribution in [2.75, 3.05) is 0 Å². The summed E-state index contributed by atoms with van der Waals surface area (Å²) in [6.07, 6.45) is 1.62. The highest BCUT2D eigenvalue weighted by atomic mass is 35.5. The summed E-state index contributed by atoms with van der Waals surface area (Å²) in [5, 5.41) is 8.54. The minimum absolute atomic E-state index is 0.341. The van der Waals surface area contributed by atoms with E-state index in [1.54, 1.807) is 23.0 Å². The average Bonchev–Trinajstić information content (AvgIpc) is 2.64. The molecule has 0 saturated carbocycles. The molecule has 2 aromatic rings. The fourth-order valence-electron chi connectivity index (χ4n) is 1.30. The number of benzene rings is 1. The Morgan fingerprint density at radius 3 is 2.73 bits per heavy atom. The fraction of sp³-hybridized carbons (Fsp3) is 0.111. The largest absolute Gasteiger partial charge is 0.326 e. The van der Waals surface area contributed by atoms with Crippen molar-refractivity contribution in [2.45, 2.75) is 6.54 Å². The summed E-state index contributed by atoms with van der Waals surface area (Å²) in [4.78, 5) is 0. The molecule has 4 nitrogen and oxygen atoms in total. The van der Waals surface area contributed by atoms with E-state index in [0.29, 0.717) is 16.7 Å². The second-order valence-electron chi connectivity index (χ2n) is 2.96. The molecule has 0 spiro atoms. The van der Waals surface area contributed by atoms with E-state index >= 15 is 0 Å². The smallest absolute Gasteiger partial charge is 0.171 e. The van der Waals surface area contributed by atoms with Crippen molar-refractivity contribution in [3.8, 4) is 5.69 Å². The zero-order valence-electron chi connectivity index (χ0n) is 7.69. The van der Waals surface area contributed by atoms with Crippen molar-refractivity contribution in [1.82, 2.24) is 15.0 Å². The number of nitrogens with zero attached hydrogens (tertiary/aromatic N) is 3. The summed E-state index contributed by atoms with van der Waals surface area (Å²) in [5.74, 6) is 0. The van der Waals surface area contributed by atoms with Gasteiger partial charge in [-0.2, -0.15) is 0 Å². The van der Waals surface area contributed by atoms with E-state index in [0.717, 1.165) is 11.3 Å². The predicted octanol–water partition coefficient (Wildman–Crippen LogP) is 2.03. The van der Waals surface area contributed by atoms with E-state index in [1.807, 2.05) is 6.07 Å². The van der Waals surface area contributed by atoms with Crippen LogP contribution in [0, 0.1) is 0 Å². The summed E-state index contributed by atoms with van der Waals surface area (Å²) < 4.78 is 1.57. The van der Waals surface area contributed by atoms with E-state index in [9.17, 15) is 0 Å². The van der Waals surface area contributed by atoms with Gasteiger partial charge in [-0.05, 0) is 23.8 Å². The van der Waals surface area contributed by atoms with Crippen LogP contribution in [-0.2, 0) is 6.54 Å². The van der Waals surface area contributed by atoms with Crippen LogP contribution >= 0.6 is 23.2 Å². The van der Waals surface area contributed by atoms with Gasteiger partial charge in [0.15, 0.2) is 5.15 Å². The van der Waals surface area contributed by atoms with Gasteiger partial charge in [-0.1, -0.05) is 28.4 Å². The molecule has 0 fully saturated rings. The average molecular weight is 243 g/mol. The van der Waals surface area contributed by atoms with Crippen molar-refractivity contribution in [3.05, 3.63) is 40.1 Å². The van der Waals surface area contributed by atoms with Gasteiger partial charge in [0.1, 0.15) is 0 Å². The lowest BCUT2D eigenvalue weighted by Crippen LogP contribution is -2.05. The molecule has 78 valence electrons. The maximum Gasteiger partial charge on any atom is 0.171 e. The molecular weight excluding hydrogens is 235 g/mol. The quantitative estimate of drug-likeness (QED) is 0.877. The van der Waals surface area contributed by atoms with E-state index in [-0.39, 0.29) is 0 Å². The third-order valence-electron chi connectivity index (χ3n) is 1.97. The van der Waals surface area contributed by atoms with Crippen molar-refractivity contribution in [1.29, 1.82) is 0 Å². The van der Waals surface area contributed by atoms with Gasteiger partial charge >= 0.3 is 0 Å². The molecule has 0 amide bonds. The van der Waals surface area contributed by atoms with Crippen molar-refractivity contribution in [2.24, 2.45) is 5.73 Å². The first-order valence-corrected chi connectivity index (χ1v) is 5.03. The Balaban J connectivity index is 2.52. The highest BCUT2D eigenvalue weighted by Crippen LogP contribution is 2.19. The minimum Gasteiger partial charge on any atom is -0.326 e. The van der Waals surface area contributed by atoms with Crippen LogP contribution in [-0.4, -0.2) is 15.0 Å². The Morgan fingerprint density at radius 1 is 1.33 bits per heavy atom. The van der Waals surface area contributed by atoms with Crippen LogP contribution in [0.2, 0.25) is 10.2 Å². The second kappa shape index (κ2) is 4.18. The molecular formula is C9H8Cl2N4. The monoisotopic (exact) mass is 242 g/mol. The zero-order chi connectivity index (χ0) is 10.8. The third kappa shape index (κ3) is 2.12. The number of halogens is 2. The van der Waals surface area contributed by atoms with Gasteiger partial charge in [0.25, 0.3) is 0 Å². The number of aromatic nitrogens is 3. The molecule has 0 aliphatic heterocycles. The Labute approximate surface area is 96.6 Å². The van der Waals surface area contributed by atoms with Gasteiger partial charge in [0.05, 0.1) is 11.9 Å². The fourth-order valence-corrected chi connectivity index (χ4v) is 1.62. The molecule has 0 radical (unpaired) electrons. The van der Waals surface area contributed by atoms with Crippen LogP contribution in [0.5, 0.6) is 0 Å². The molecule has 1 aromatic heterocycles. The molecule has 6 heteroatoms. The van der Waals surface area contributed by atoms with Crippen LogP contribution < -0.4 is 5.73 Å². The third-order valence-corrected chi connectivity index (χ3v) is 2.38. The molecule has 0 atom stereocenters. The van der Waals surface area contributed by atoms with Crippen LogP contribution in [0.3, 0.4) is 0 Å². The maximum absolute atomic E-state index is 5.86. The Bertz CT molecular complexity index is 481. The second-order valence-corrected chi connectivity index (χ2v) is 3.79. The predicted molar refractivity (Wildman–Crippen MR) is 59.3 cm³/mol. The lowest BCUT2D eigenvalue weighted by Gasteiger charge is -2.06. The lowest BCUT2D eigenvalue weighted by molar-refractivity contribution is 0.792. The molecule has 2 rings (SSSR count). The summed E-state index contributed by atoms with van der Waals surface area (Å²) in [5.41, 5.74) is 7.34. The number of rotatable bonds is 2. The molecule has 2 N–H and O–H groups in total. The molecule has 0 bridgehead atoms. The van der Waals surface area contributed by atoms with Gasteiger partial charge in [-0.3, -0.25) is 0 Å². The van der Waals surface area contributed by atoms with Crippen LogP contribution in [0.25, 0.3) is 5.69 Å². The van der Waals surface area contributed by atoms with E-state index in [4.69, 9.17) is 28.9 Å². The molecule has 0 unspecified atom stereocenters. The topological polar surface area (TPSA) is 56.7 Å². The Hall–Kier alpha value is -1.10. The van der Waals surface area contributed by atoms with Crippen LogP contribution in [0.15, 0.2) is 24.4 Å². The lowest BCUT2D eigenvalue weighted by atomic mass is 10.2. The molecule has 1 heterocycles. The minimum atomic E-state index is 0.341. The van der Waals surface area contributed by atoms with Crippen molar-refractivity contribution < 1.29 is 0 Å². The van der Waals surface area contributed by atoms with Crippen molar-refractivity contribution >= 4 is 23.2 Å². The molecule has 0 aliphatic carbocycles. The number of nitrogens with two attached hydrogens (primary N) is 1. The maximum atomic E-state index is 5.86. The first-order chi connectivity index (χ1) is 7.20. The van der Waals surface area contributed by atoms with E-state index < -0.39 is 0 Å². The summed E-state index contributed by atoms with van der Waals surface area (Å²) in [7, 11) is 0. The first kappa shape index (κ1) is 10.4. The molecule has 15 heavy (non-hydrogen) atoms. The summed E-state index contributed by atoms with van der Waals surface area (Å²) >= 11 is 11.5. The van der Waals surface area contributed by atoms with Crippen molar-refractivity contribution in [3.63, 3.8) is 0 Å². The van der Waals surface area contributed by atoms with Gasteiger partial charge in [0, 0.05) is 11.6 Å². The van der Waals surface area contributed by atoms with Gasteiger partial charge in [0.2, 0.25) is 0 Å². The number of hydrogen-bond donors (Lipinski definition) is 1.